The van der Waals surface area contributed by atoms with Crippen molar-refractivity contribution < 1.29 is 13.2 Å². The molecule has 3 aromatic rings. The zero-order chi connectivity index (χ0) is 22.2. The summed E-state index contributed by atoms with van der Waals surface area (Å²) >= 11 is 0. The van der Waals surface area contributed by atoms with E-state index in [1.54, 1.807) is 6.07 Å². The van der Waals surface area contributed by atoms with Crippen molar-refractivity contribution in [2.75, 3.05) is 0 Å². The molecular formula is C24H26N2O4S. The van der Waals surface area contributed by atoms with Crippen LogP contribution in [0.4, 0.5) is 0 Å². The number of nitrogens with one attached hydrogen (secondary N) is 1. The first-order valence-electron chi connectivity index (χ1n) is 10.5. The molecule has 0 spiro atoms. The van der Waals surface area contributed by atoms with Crippen molar-refractivity contribution in [3.8, 4) is 0 Å². The first-order chi connectivity index (χ1) is 14.8. The summed E-state index contributed by atoms with van der Waals surface area (Å²) in [4.78, 5) is 27.3. The summed E-state index contributed by atoms with van der Waals surface area (Å²) in [6.07, 6.45) is 3.48. The van der Waals surface area contributed by atoms with E-state index in [0.29, 0.717) is 11.1 Å². The van der Waals surface area contributed by atoms with Gasteiger partial charge in [0.25, 0.3) is 5.56 Å². The third-order valence-electron chi connectivity index (χ3n) is 6.00. The van der Waals surface area contributed by atoms with Crippen LogP contribution in [-0.2, 0) is 16.6 Å². The van der Waals surface area contributed by atoms with Gasteiger partial charge in [0.15, 0.2) is 5.78 Å². The molecule has 1 fully saturated rings. The number of H-pyrrole nitrogens is 1. The fourth-order valence-electron chi connectivity index (χ4n) is 4.26. The van der Waals surface area contributed by atoms with Gasteiger partial charge in [-0.15, -0.1) is 0 Å². The zero-order valence-electron chi connectivity index (χ0n) is 17.7. The molecule has 1 aromatic heterocycles. The van der Waals surface area contributed by atoms with Crippen molar-refractivity contribution in [2.45, 2.75) is 57.0 Å². The number of nitrogens with zero attached hydrogens (tertiary/aromatic N) is 1. The molecule has 4 rings (SSSR count). The minimum Gasteiger partial charge on any atom is -0.322 e. The Bertz CT molecular complexity index is 1290. The molecule has 0 aliphatic heterocycles. The Morgan fingerprint density at radius 2 is 1.74 bits per heavy atom. The molecule has 0 saturated heterocycles. The van der Waals surface area contributed by atoms with Gasteiger partial charge in [0.2, 0.25) is 10.0 Å². The number of aromatic amines is 1. The number of benzene rings is 2. The third-order valence-corrected chi connectivity index (χ3v) is 7.91. The smallest absolute Gasteiger partial charge is 0.252 e. The summed E-state index contributed by atoms with van der Waals surface area (Å²) in [6.45, 7) is 3.44. The third kappa shape index (κ3) is 4.34. The Morgan fingerprint density at radius 1 is 1.06 bits per heavy atom. The van der Waals surface area contributed by atoms with E-state index in [1.165, 1.54) is 35.5 Å². The number of hydrogen-bond acceptors (Lipinski definition) is 4. The van der Waals surface area contributed by atoms with Crippen molar-refractivity contribution >= 4 is 26.7 Å². The second-order valence-electron chi connectivity index (χ2n) is 8.28. The van der Waals surface area contributed by atoms with Crippen molar-refractivity contribution in [1.29, 1.82) is 0 Å². The Labute approximate surface area is 182 Å². The molecule has 6 nitrogen and oxygen atoms in total. The fraction of sp³-hybridized carbons (Fsp3) is 0.333. The number of sulfonamides is 1. The van der Waals surface area contributed by atoms with Crippen LogP contribution < -0.4 is 5.56 Å². The second-order valence-corrected chi connectivity index (χ2v) is 10.2. The highest BCUT2D eigenvalue weighted by Gasteiger charge is 2.34. The van der Waals surface area contributed by atoms with Crippen LogP contribution in [0.15, 0.2) is 58.2 Å². The van der Waals surface area contributed by atoms with Crippen LogP contribution in [0.3, 0.4) is 0 Å². The van der Waals surface area contributed by atoms with E-state index in [9.17, 15) is 18.0 Å². The summed E-state index contributed by atoms with van der Waals surface area (Å²) < 4.78 is 28.6. The normalized spacial score (nSPS) is 15.1. The molecule has 0 unspecified atom stereocenters. The van der Waals surface area contributed by atoms with Crippen LogP contribution >= 0.6 is 0 Å². The van der Waals surface area contributed by atoms with Gasteiger partial charge in [-0.1, -0.05) is 36.6 Å². The maximum atomic E-state index is 13.6. The molecule has 1 aliphatic carbocycles. The Balaban J connectivity index is 1.75. The van der Waals surface area contributed by atoms with Gasteiger partial charge in [0, 0.05) is 29.2 Å². The van der Waals surface area contributed by atoms with Crippen molar-refractivity contribution in [1.82, 2.24) is 9.29 Å². The molecule has 1 N–H and O–H groups in total. The number of Topliss-reactive ketones (excluding diaryl/α,β-unsaturated/α-hetero) is 1. The van der Waals surface area contributed by atoms with Crippen molar-refractivity contribution in [3.63, 3.8) is 0 Å². The van der Waals surface area contributed by atoms with Crippen LogP contribution in [0.5, 0.6) is 0 Å². The second kappa shape index (κ2) is 8.40. The lowest BCUT2D eigenvalue weighted by molar-refractivity contribution is 0.101. The Kier molecular flexibility index (Phi) is 5.81. The van der Waals surface area contributed by atoms with E-state index in [4.69, 9.17) is 0 Å². The van der Waals surface area contributed by atoms with Gasteiger partial charge in [-0.3, -0.25) is 9.59 Å². The van der Waals surface area contributed by atoms with E-state index in [-0.39, 0.29) is 28.8 Å². The standard InChI is InChI=1S/C24H26N2O4S/c1-16-7-12-23-19(13-16)14-20(24(28)25-23)15-26(21-5-3-4-6-21)31(29,30)22-10-8-18(9-11-22)17(2)27/h7-14,21H,3-6,15H2,1-2H3,(H,25,28). The van der Waals surface area contributed by atoms with E-state index < -0.39 is 10.0 Å². The zero-order valence-corrected chi connectivity index (χ0v) is 18.5. The molecule has 1 heterocycles. The molecule has 0 bridgehead atoms. The molecular weight excluding hydrogens is 412 g/mol. The molecule has 0 radical (unpaired) electrons. The van der Waals surface area contributed by atoms with E-state index >= 15 is 0 Å². The molecule has 1 aliphatic rings. The van der Waals surface area contributed by atoms with Gasteiger partial charge in [0.1, 0.15) is 0 Å². The topological polar surface area (TPSA) is 87.3 Å². The van der Waals surface area contributed by atoms with Gasteiger partial charge in [-0.05, 0) is 62.4 Å². The molecule has 162 valence electrons. The quantitative estimate of drug-likeness (QED) is 0.585. The average molecular weight is 439 g/mol. The number of pyridine rings is 1. The SMILES string of the molecule is CC(=O)c1ccc(S(=O)(=O)N(Cc2cc3cc(C)ccc3[nH]c2=O)C2CCCC2)cc1. The molecule has 31 heavy (non-hydrogen) atoms. The van der Waals surface area contributed by atoms with E-state index in [0.717, 1.165) is 42.1 Å². The number of hydrogen-bond donors (Lipinski definition) is 1. The lowest BCUT2D eigenvalue weighted by atomic mass is 10.1. The van der Waals surface area contributed by atoms with E-state index in [2.05, 4.69) is 4.98 Å². The van der Waals surface area contributed by atoms with Gasteiger partial charge >= 0.3 is 0 Å². The van der Waals surface area contributed by atoms with Crippen molar-refractivity contribution in [2.24, 2.45) is 0 Å². The summed E-state index contributed by atoms with van der Waals surface area (Å²) in [5.41, 5.74) is 2.41. The highest BCUT2D eigenvalue weighted by Crippen LogP contribution is 2.30. The van der Waals surface area contributed by atoms with Crippen LogP contribution in [0.2, 0.25) is 0 Å². The predicted octanol–water partition coefficient (Wildman–Crippen LogP) is 4.17. The minimum atomic E-state index is -3.83. The summed E-state index contributed by atoms with van der Waals surface area (Å²) in [7, 11) is -3.83. The number of aryl methyl sites for hydroxylation is 1. The van der Waals surface area contributed by atoms with Crippen LogP contribution in [0.1, 0.15) is 54.1 Å². The Morgan fingerprint density at radius 3 is 2.39 bits per heavy atom. The summed E-state index contributed by atoms with van der Waals surface area (Å²) in [5.74, 6) is -0.116. The van der Waals surface area contributed by atoms with Gasteiger partial charge in [0.05, 0.1) is 4.90 Å². The first-order valence-corrected chi connectivity index (χ1v) is 11.9. The number of ketones is 1. The highest BCUT2D eigenvalue weighted by atomic mass is 32.2. The van der Waals surface area contributed by atoms with Crippen LogP contribution in [-0.4, -0.2) is 29.5 Å². The van der Waals surface area contributed by atoms with Gasteiger partial charge in [-0.25, -0.2) is 8.42 Å². The number of rotatable bonds is 6. The Hall–Kier alpha value is -2.77. The maximum absolute atomic E-state index is 13.6. The number of carbonyl (C=O) groups excluding carboxylic acids is 1. The minimum absolute atomic E-state index is 0.0146. The lowest BCUT2D eigenvalue weighted by Crippen LogP contribution is -2.39. The summed E-state index contributed by atoms with van der Waals surface area (Å²) in [5, 5.41) is 0.879. The largest absolute Gasteiger partial charge is 0.322 e. The van der Waals surface area contributed by atoms with E-state index in [1.807, 2.05) is 25.1 Å². The molecule has 0 amide bonds. The predicted molar refractivity (Wildman–Crippen MR) is 121 cm³/mol. The van der Waals surface area contributed by atoms with Crippen LogP contribution in [0.25, 0.3) is 10.9 Å². The average Bonchev–Trinajstić information content (AvgIpc) is 3.26. The molecule has 7 heteroatoms. The van der Waals surface area contributed by atoms with Gasteiger partial charge in [-0.2, -0.15) is 4.31 Å². The number of carbonyl (C=O) groups is 1. The fourth-order valence-corrected chi connectivity index (χ4v) is 5.92. The van der Waals surface area contributed by atoms with Crippen LogP contribution in [0, 0.1) is 6.92 Å². The number of aromatic nitrogens is 1. The summed E-state index contributed by atoms with van der Waals surface area (Å²) in [6, 6.07) is 13.4. The first kappa shape index (κ1) is 21.5. The number of fused-ring (bicyclic) bond motifs is 1. The molecule has 2 aromatic carbocycles. The maximum Gasteiger partial charge on any atom is 0.252 e. The monoisotopic (exact) mass is 438 g/mol. The van der Waals surface area contributed by atoms with Gasteiger partial charge < -0.3 is 4.98 Å². The van der Waals surface area contributed by atoms with Crippen molar-refractivity contribution in [3.05, 3.63) is 75.6 Å². The highest BCUT2D eigenvalue weighted by molar-refractivity contribution is 7.89. The molecule has 1 saturated carbocycles. The molecule has 0 atom stereocenters. The lowest BCUT2D eigenvalue weighted by Gasteiger charge is -2.28.